The Labute approximate surface area is 191 Å². The molecule has 2 fully saturated rings. The smallest absolute Gasteiger partial charge is 0.335 e. The number of carbonyl (C=O) groups is 2. The van der Waals surface area contributed by atoms with E-state index in [0.29, 0.717) is 0 Å². The van der Waals surface area contributed by atoms with Gasteiger partial charge in [0.2, 0.25) is 15.9 Å². The van der Waals surface area contributed by atoms with Crippen LogP contribution in [0.2, 0.25) is 0 Å². The van der Waals surface area contributed by atoms with Gasteiger partial charge in [-0.25, -0.2) is 13.2 Å². The summed E-state index contributed by atoms with van der Waals surface area (Å²) in [4.78, 5) is 26.1. The first-order chi connectivity index (χ1) is 15.5. The van der Waals surface area contributed by atoms with Gasteiger partial charge in [0.15, 0.2) is 0 Å². The number of amides is 3. The molecule has 3 amide bonds. The third-order valence-electron chi connectivity index (χ3n) is 6.20. The van der Waals surface area contributed by atoms with Gasteiger partial charge >= 0.3 is 12.2 Å². The minimum Gasteiger partial charge on any atom is -0.335 e. The van der Waals surface area contributed by atoms with E-state index in [2.05, 4.69) is 10.6 Å². The van der Waals surface area contributed by atoms with Gasteiger partial charge < -0.3 is 5.32 Å². The molecule has 1 saturated heterocycles. The lowest BCUT2D eigenvalue weighted by atomic mass is 9.96. The Hall–Kier alpha value is -2.18. The number of hydrogen-bond donors (Lipinski definition) is 2. The highest BCUT2D eigenvalue weighted by Gasteiger charge is 2.34. The van der Waals surface area contributed by atoms with Gasteiger partial charge in [0.25, 0.3) is 0 Å². The molecule has 1 saturated carbocycles. The van der Waals surface area contributed by atoms with Crippen LogP contribution in [0.5, 0.6) is 0 Å². The number of piperazine rings is 1. The number of sulfonamides is 1. The summed E-state index contributed by atoms with van der Waals surface area (Å²) < 4.78 is 64.9. The minimum absolute atomic E-state index is 0.0702. The molecule has 1 aromatic carbocycles. The molecule has 0 spiro atoms. The van der Waals surface area contributed by atoms with Crippen molar-refractivity contribution in [2.45, 2.75) is 62.2 Å². The summed E-state index contributed by atoms with van der Waals surface area (Å²) in [5.74, 6) is -0.470. The predicted octanol–water partition coefficient (Wildman–Crippen LogP) is 2.56. The van der Waals surface area contributed by atoms with Gasteiger partial charge in [-0.05, 0) is 44.0 Å². The van der Waals surface area contributed by atoms with Crippen molar-refractivity contribution in [1.82, 2.24) is 19.8 Å². The molecule has 12 heteroatoms. The summed E-state index contributed by atoms with van der Waals surface area (Å²) in [6, 6.07) is 2.29. The van der Waals surface area contributed by atoms with Crippen molar-refractivity contribution in [3.05, 3.63) is 29.8 Å². The maximum atomic E-state index is 12.8. The Bertz CT molecular complexity index is 939. The Balaban J connectivity index is 1.51. The molecule has 1 aliphatic heterocycles. The first kappa shape index (κ1) is 25.4. The number of nitrogens with zero attached hydrogens (tertiary/aromatic N) is 2. The van der Waals surface area contributed by atoms with Crippen molar-refractivity contribution in [1.29, 1.82) is 0 Å². The Morgan fingerprint density at radius 2 is 1.58 bits per heavy atom. The standard InChI is InChI=1S/C21H29F3N4O4S/c1-15(19(29)26-20(30)25-17-5-3-2-4-6-17)27-11-13-28(14-12-27)33(31,32)18-9-7-16(8-10-18)21(22,23)24/h7-10,15,17H,2-6,11-14H2,1H3,(H2,25,26,29,30)/t15-/m1/s1. The van der Waals surface area contributed by atoms with Crippen LogP contribution in [-0.4, -0.2) is 67.8 Å². The van der Waals surface area contributed by atoms with Crippen LogP contribution >= 0.6 is 0 Å². The van der Waals surface area contributed by atoms with Crippen LogP contribution in [0.25, 0.3) is 0 Å². The number of benzene rings is 1. The van der Waals surface area contributed by atoms with Gasteiger partial charge in [0, 0.05) is 32.2 Å². The zero-order valence-corrected chi connectivity index (χ0v) is 19.2. The SMILES string of the molecule is C[C@H](C(=O)NC(=O)NC1CCCCC1)N1CCN(S(=O)(=O)c2ccc(C(F)(F)F)cc2)CC1. The average molecular weight is 491 g/mol. The molecule has 8 nitrogen and oxygen atoms in total. The van der Waals surface area contributed by atoms with Crippen molar-refractivity contribution in [3.63, 3.8) is 0 Å². The molecule has 2 N–H and O–H groups in total. The predicted molar refractivity (Wildman–Crippen MR) is 115 cm³/mol. The van der Waals surface area contributed by atoms with Gasteiger partial charge in [-0.2, -0.15) is 17.5 Å². The molecule has 0 aromatic heterocycles. The van der Waals surface area contributed by atoms with Crippen LogP contribution in [0, 0.1) is 0 Å². The molecule has 1 atom stereocenters. The molecular formula is C21H29F3N4O4S. The van der Waals surface area contributed by atoms with Crippen LogP contribution in [0.1, 0.15) is 44.6 Å². The number of imide groups is 1. The van der Waals surface area contributed by atoms with Gasteiger partial charge in [-0.1, -0.05) is 19.3 Å². The molecule has 0 bridgehead atoms. The number of rotatable bonds is 5. The summed E-state index contributed by atoms with van der Waals surface area (Å²) in [5, 5.41) is 5.17. The van der Waals surface area contributed by atoms with E-state index >= 15 is 0 Å². The molecule has 0 unspecified atom stereocenters. The van der Waals surface area contributed by atoms with Gasteiger partial charge in [-0.15, -0.1) is 0 Å². The molecule has 2 aliphatic rings. The molecule has 1 aliphatic carbocycles. The van der Waals surface area contributed by atoms with E-state index in [-0.39, 0.29) is 37.1 Å². The van der Waals surface area contributed by atoms with Crippen molar-refractivity contribution in [3.8, 4) is 0 Å². The lowest BCUT2D eigenvalue weighted by molar-refractivity contribution is -0.137. The number of nitrogens with one attached hydrogen (secondary N) is 2. The van der Waals surface area contributed by atoms with Crippen molar-refractivity contribution in [2.75, 3.05) is 26.2 Å². The lowest BCUT2D eigenvalue weighted by Crippen LogP contribution is -2.56. The molecule has 184 valence electrons. The second-order valence-electron chi connectivity index (χ2n) is 8.44. The molecule has 0 radical (unpaired) electrons. The maximum Gasteiger partial charge on any atom is 0.416 e. The van der Waals surface area contributed by atoms with E-state index in [0.717, 1.165) is 56.4 Å². The van der Waals surface area contributed by atoms with Gasteiger partial charge in [-0.3, -0.25) is 15.0 Å². The van der Waals surface area contributed by atoms with Crippen molar-refractivity contribution < 1.29 is 31.2 Å². The third-order valence-corrected chi connectivity index (χ3v) is 8.11. The van der Waals surface area contributed by atoms with Crippen LogP contribution in [0.3, 0.4) is 0 Å². The fourth-order valence-electron chi connectivity index (χ4n) is 4.15. The molecule has 1 aromatic rings. The average Bonchev–Trinajstić information content (AvgIpc) is 2.78. The normalized spacial score (nSPS) is 20.2. The largest absolute Gasteiger partial charge is 0.416 e. The molecular weight excluding hydrogens is 461 g/mol. The molecule has 3 rings (SSSR count). The second kappa shape index (κ2) is 10.4. The van der Waals surface area contributed by atoms with Crippen molar-refractivity contribution >= 4 is 22.0 Å². The van der Waals surface area contributed by atoms with Crippen LogP contribution in [0.4, 0.5) is 18.0 Å². The van der Waals surface area contributed by atoms with E-state index in [9.17, 15) is 31.2 Å². The highest BCUT2D eigenvalue weighted by atomic mass is 32.2. The number of urea groups is 1. The van der Waals surface area contributed by atoms with E-state index in [1.165, 1.54) is 4.31 Å². The van der Waals surface area contributed by atoms with Gasteiger partial charge in [0.1, 0.15) is 0 Å². The number of hydrogen-bond acceptors (Lipinski definition) is 5. The highest BCUT2D eigenvalue weighted by molar-refractivity contribution is 7.89. The zero-order valence-electron chi connectivity index (χ0n) is 18.4. The number of alkyl halides is 3. The first-order valence-corrected chi connectivity index (χ1v) is 12.5. The van der Waals surface area contributed by atoms with Crippen LogP contribution < -0.4 is 10.6 Å². The first-order valence-electron chi connectivity index (χ1n) is 11.0. The monoisotopic (exact) mass is 490 g/mol. The summed E-state index contributed by atoms with van der Waals surface area (Å²) in [5.41, 5.74) is -0.918. The van der Waals surface area contributed by atoms with Crippen LogP contribution in [-0.2, 0) is 21.0 Å². The fourth-order valence-corrected chi connectivity index (χ4v) is 5.57. The fraction of sp³-hybridized carbons (Fsp3) is 0.619. The molecule has 33 heavy (non-hydrogen) atoms. The highest BCUT2D eigenvalue weighted by Crippen LogP contribution is 2.30. The van der Waals surface area contributed by atoms with E-state index in [1.54, 1.807) is 11.8 Å². The summed E-state index contributed by atoms with van der Waals surface area (Å²) in [6.07, 6.45) is 0.497. The number of halogens is 3. The Kier molecular flexibility index (Phi) is 8.01. The topological polar surface area (TPSA) is 98.8 Å². The number of carbonyl (C=O) groups excluding carboxylic acids is 2. The van der Waals surface area contributed by atoms with Crippen molar-refractivity contribution in [2.24, 2.45) is 0 Å². The lowest BCUT2D eigenvalue weighted by Gasteiger charge is -2.36. The van der Waals surface area contributed by atoms with E-state index in [4.69, 9.17) is 0 Å². The van der Waals surface area contributed by atoms with E-state index < -0.39 is 39.7 Å². The van der Waals surface area contributed by atoms with Crippen LogP contribution in [0.15, 0.2) is 29.2 Å². The minimum atomic E-state index is -4.54. The Morgan fingerprint density at radius 1 is 1.00 bits per heavy atom. The second-order valence-corrected chi connectivity index (χ2v) is 10.4. The zero-order chi connectivity index (χ0) is 24.2. The Morgan fingerprint density at radius 3 is 2.12 bits per heavy atom. The summed E-state index contributed by atoms with van der Waals surface area (Å²) in [7, 11) is -3.95. The quantitative estimate of drug-likeness (QED) is 0.661. The third kappa shape index (κ3) is 6.45. The molecule has 1 heterocycles. The summed E-state index contributed by atoms with van der Waals surface area (Å²) in [6.45, 7) is 2.30. The summed E-state index contributed by atoms with van der Waals surface area (Å²) >= 11 is 0. The van der Waals surface area contributed by atoms with E-state index in [1.807, 2.05) is 0 Å². The van der Waals surface area contributed by atoms with Gasteiger partial charge in [0.05, 0.1) is 16.5 Å². The maximum absolute atomic E-state index is 12.8.